The third-order valence-corrected chi connectivity index (χ3v) is 6.23. The molecule has 3 rings (SSSR count). The summed E-state index contributed by atoms with van der Waals surface area (Å²) in [5.41, 5.74) is 0. The molecule has 9 heteroatoms. The van der Waals surface area contributed by atoms with E-state index >= 15 is 0 Å². The molecule has 27 heavy (non-hydrogen) atoms. The molecule has 0 amide bonds. The number of thiazole rings is 1. The molecule has 0 spiro atoms. The van der Waals surface area contributed by atoms with E-state index in [4.69, 9.17) is 0 Å². The number of thiophene rings is 1. The van der Waals surface area contributed by atoms with Gasteiger partial charge in [0, 0.05) is 36.0 Å². The van der Waals surface area contributed by atoms with Gasteiger partial charge in [-0.15, -0.1) is 32.9 Å². The Kier molecular flexibility index (Phi) is 6.94. The minimum absolute atomic E-state index is 0.481. The van der Waals surface area contributed by atoms with E-state index in [2.05, 4.69) is 55.2 Å². The van der Waals surface area contributed by atoms with Crippen molar-refractivity contribution in [3.63, 3.8) is 0 Å². The standard InChI is InChI=1S/C18H25N7S2/c1-4-14-10-20-17(27-14)7-8-19-18(21-11-15-6-5-9-26-15)22-12-16-24-23-13(2)25(16)3/h5-6,9-10H,4,7-8,11-12H2,1-3H3,(H2,19,21,22). The number of nitrogens with one attached hydrogen (secondary N) is 2. The van der Waals surface area contributed by atoms with E-state index in [1.54, 1.807) is 22.7 Å². The van der Waals surface area contributed by atoms with Crippen LogP contribution in [0.2, 0.25) is 0 Å². The minimum Gasteiger partial charge on any atom is -0.356 e. The first-order chi connectivity index (χ1) is 13.2. The van der Waals surface area contributed by atoms with Crippen LogP contribution in [0.5, 0.6) is 0 Å². The van der Waals surface area contributed by atoms with Crippen LogP contribution >= 0.6 is 22.7 Å². The van der Waals surface area contributed by atoms with Crippen molar-refractivity contribution in [2.24, 2.45) is 12.0 Å². The fourth-order valence-electron chi connectivity index (χ4n) is 2.41. The van der Waals surface area contributed by atoms with Gasteiger partial charge in [-0.25, -0.2) is 9.98 Å². The first-order valence-corrected chi connectivity index (χ1v) is 10.7. The molecule has 0 aliphatic rings. The average Bonchev–Trinajstić information content (AvgIpc) is 3.41. The normalized spacial score (nSPS) is 11.7. The second-order valence-corrected chi connectivity index (χ2v) is 8.30. The summed E-state index contributed by atoms with van der Waals surface area (Å²) in [5, 5.41) is 18.3. The van der Waals surface area contributed by atoms with Gasteiger partial charge in [0.1, 0.15) is 12.4 Å². The smallest absolute Gasteiger partial charge is 0.192 e. The maximum atomic E-state index is 4.68. The van der Waals surface area contributed by atoms with Crippen LogP contribution in [0.3, 0.4) is 0 Å². The number of hydrogen-bond acceptors (Lipinski definition) is 6. The van der Waals surface area contributed by atoms with Crippen LogP contribution in [0.1, 0.15) is 33.3 Å². The molecule has 3 aromatic rings. The topological polar surface area (TPSA) is 80.0 Å². The van der Waals surface area contributed by atoms with E-state index < -0.39 is 0 Å². The maximum absolute atomic E-state index is 4.68. The molecule has 0 aliphatic carbocycles. The summed E-state index contributed by atoms with van der Waals surface area (Å²) in [6.45, 7) is 6.10. The molecule has 0 saturated carbocycles. The zero-order valence-electron chi connectivity index (χ0n) is 15.9. The molecule has 0 bridgehead atoms. The second kappa shape index (κ2) is 9.61. The average molecular weight is 404 g/mol. The van der Waals surface area contributed by atoms with Crippen LogP contribution in [0, 0.1) is 6.92 Å². The summed E-state index contributed by atoms with van der Waals surface area (Å²) in [6.07, 6.45) is 3.89. The molecular formula is C18H25N7S2. The van der Waals surface area contributed by atoms with Gasteiger partial charge in [-0.3, -0.25) is 0 Å². The molecule has 0 atom stereocenters. The molecule has 3 aromatic heterocycles. The monoisotopic (exact) mass is 403 g/mol. The number of guanidine groups is 1. The lowest BCUT2D eigenvalue weighted by atomic mass is 10.4. The van der Waals surface area contributed by atoms with E-state index in [0.29, 0.717) is 6.54 Å². The van der Waals surface area contributed by atoms with Crippen LogP contribution in [0.15, 0.2) is 28.7 Å². The van der Waals surface area contributed by atoms with Gasteiger partial charge in [0.2, 0.25) is 0 Å². The summed E-state index contributed by atoms with van der Waals surface area (Å²) >= 11 is 3.51. The molecule has 0 saturated heterocycles. The molecule has 0 unspecified atom stereocenters. The number of hydrogen-bond donors (Lipinski definition) is 2. The number of rotatable bonds is 8. The molecule has 0 fully saturated rings. The highest BCUT2D eigenvalue weighted by molar-refractivity contribution is 7.11. The predicted octanol–water partition coefficient (Wildman–Crippen LogP) is 2.68. The molecule has 144 valence electrons. The van der Waals surface area contributed by atoms with Crippen molar-refractivity contribution < 1.29 is 0 Å². The molecular weight excluding hydrogens is 378 g/mol. The molecule has 0 radical (unpaired) electrons. The summed E-state index contributed by atoms with van der Waals surface area (Å²) in [4.78, 5) is 11.8. The van der Waals surface area contributed by atoms with Crippen molar-refractivity contribution in [1.82, 2.24) is 30.4 Å². The van der Waals surface area contributed by atoms with Gasteiger partial charge in [-0.05, 0) is 24.8 Å². The van der Waals surface area contributed by atoms with E-state index in [1.807, 2.05) is 24.7 Å². The highest BCUT2D eigenvalue weighted by atomic mass is 32.1. The number of aromatic nitrogens is 4. The lowest BCUT2D eigenvalue weighted by molar-refractivity contribution is 0.749. The molecule has 0 aromatic carbocycles. The maximum Gasteiger partial charge on any atom is 0.192 e. The SMILES string of the molecule is CCc1cnc(CCNC(=NCc2nnc(C)n2C)NCc2cccs2)s1. The van der Waals surface area contributed by atoms with E-state index in [9.17, 15) is 0 Å². The fourth-order valence-corrected chi connectivity index (χ4v) is 3.92. The van der Waals surface area contributed by atoms with Gasteiger partial charge in [-0.1, -0.05) is 13.0 Å². The van der Waals surface area contributed by atoms with Gasteiger partial charge in [0.15, 0.2) is 11.8 Å². The van der Waals surface area contributed by atoms with Crippen molar-refractivity contribution in [3.8, 4) is 0 Å². The fraction of sp³-hybridized carbons (Fsp3) is 0.444. The van der Waals surface area contributed by atoms with Gasteiger partial charge in [0.25, 0.3) is 0 Å². The van der Waals surface area contributed by atoms with Gasteiger partial charge in [0.05, 0.1) is 11.6 Å². The number of aryl methyl sites for hydroxylation is 2. The summed E-state index contributed by atoms with van der Waals surface area (Å²) in [6, 6.07) is 4.17. The molecule has 2 N–H and O–H groups in total. The summed E-state index contributed by atoms with van der Waals surface area (Å²) in [5.74, 6) is 2.50. The van der Waals surface area contributed by atoms with Crippen LogP contribution in [0.4, 0.5) is 0 Å². The number of nitrogens with zero attached hydrogens (tertiary/aromatic N) is 5. The third kappa shape index (κ3) is 5.61. The first-order valence-electron chi connectivity index (χ1n) is 8.98. The third-order valence-electron chi connectivity index (χ3n) is 4.15. The first kappa shape index (κ1) is 19.5. The van der Waals surface area contributed by atoms with Crippen molar-refractivity contribution in [2.75, 3.05) is 6.54 Å². The quantitative estimate of drug-likeness (QED) is 0.446. The van der Waals surface area contributed by atoms with Crippen LogP contribution < -0.4 is 10.6 Å². The van der Waals surface area contributed by atoms with Crippen molar-refractivity contribution >= 4 is 28.6 Å². The van der Waals surface area contributed by atoms with Crippen molar-refractivity contribution in [3.05, 3.63) is 50.1 Å². The van der Waals surface area contributed by atoms with E-state index in [1.165, 1.54) is 9.75 Å². The Labute approximate surface area is 167 Å². The summed E-state index contributed by atoms with van der Waals surface area (Å²) in [7, 11) is 1.96. The zero-order valence-corrected chi connectivity index (χ0v) is 17.5. The zero-order chi connectivity index (χ0) is 19.1. The van der Waals surface area contributed by atoms with E-state index in [-0.39, 0.29) is 0 Å². The highest BCUT2D eigenvalue weighted by Gasteiger charge is 2.06. The van der Waals surface area contributed by atoms with Gasteiger partial charge in [-0.2, -0.15) is 0 Å². The second-order valence-electron chi connectivity index (χ2n) is 6.07. The van der Waals surface area contributed by atoms with Gasteiger partial charge >= 0.3 is 0 Å². The lowest BCUT2D eigenvalue weighted by Gasteiger charge is -2.11. The molecule has 3 heterocycles. The Morgan fingerprint density at radius 1 is 1.26 bits per heavy atom. The minimum atomic E-state index is 0.481. The molecule has 0 aliphatic heterocycles. The van der Waals surface area contributed by atoms with Gasteiger partial charge < -0.3 is 15.2 Å². The van der Waals surface area contributed by atoms with Crippen LogP contribution in [0.25, 0.3) is 0 Å². The molecule has 7 nitrogen and oxygen atoms in total. The van der Waals surface area contributed by atoms with Crippen LogP contribution in [-0.4, -0.2) is 32.3 Å². The Balaban J connectivity index is 1.59. The summed E-state index contributed by atoms with van der Waals surface area (Å²) < 4.78 is 1.96. The number of aliphatic imine (C=N–C) groups is 1. The highest BCUT2D eigenvalue weighted by Crippen LogP contribution is 2.13. The predicted molar refractivity (Wildman–Crippen MR) is 111 cm³/mol. The Morgan fingerprint density at radius 3 is 2.81 bits per heavy atom. The Hall–Kier alpha value is -2.26. The lowest BCUT2D eigenvalue weighted by Crippen LogP contribution is -2.38. The van der Waals surface area contributed by atoms with Crippen molar-refractivity contribution in [1.29, 1.82) is 0 Å². The van der Waals surface area contributed by atoms with Crippen molar-refractivity contribution in [2.45, 2.75) is 39.8 Å². The Bertz CT molecular complexity index is 864. The Morgan fingerprint density at radius 2 is 2.15 bits per heavy atom. The van der Waals surface area contributed by atoms with E-state index in [0.717, 1.165) is 48.5 Å². The largest absolute Gasteiger partial charge is 0.356 e. The van der Waals surface area contributed by atoms with Crippen LogP contribution in [-0.2, 0) is 33.0 Å².